The van der Waals surface area contributed by atoms with Gasteiger partial charge in [0.25, 0.3) is 11.8 Å². The SMILES string of the molecule is CC(C)(C)CN1CCN(CC(=O)ON2C(=O)CCC2=O)CC1. The minimum absolute atomic E-state index is 0.112. The molecule has 0 atom stereocenters. The largest absolute Gasteiger partial charge is 0.347 e. The Labute approximate surface area is 131 Å². The first-order valence-corrected chi connectivity index (χ1v) is 7.76. The lowest BCUT2D eigenvalue weighted by molar-refractivity contribution is -0.198. The van der Waals surface area contributed by atoms with E-state index in [4.69, 9.17) is 4.84 Å². The van der Waals surface area contributed by atoms with E-state index in [1.807, 2.05) is 4.90 Å². The van der Waals surface area contributed by atoms with Crippen LogP contribution in [0.25, 0.3) is 0 Å². The molecule has 0 unspecified atom stereocenters. The second-order valence-electron chi connectivity index (χ2n) is 7.16. The molecular weight excluding hydrogens is 286 g/mol. The number of piperazine rings is 1. The predicted molar refractivity (Wildman–Crippen MR) is 79.5 cm³/mol. The Morgan fingerprint density at radius 3 is 2.00 bits per heavy atom. The van der Waals surface area contributed by atoms with Crippen LogP contribution < -0.4 is 0 Å². The molecule has 0 aromatic heterocycles. The lowest BCUT2D eigenvalue weighted by Crippen LogP contribution is -2.50. The minimum atomic E-state index is -0.548. The number of rotatable bonds is 4. The first-order chi connectivity index (χ1) is 10.2. The van der Waals surface area contributed by atoms with Crippen molar-refractivity contribution in [2.75, 3.05) is 39.3 Å². The van der Waals surface area contributed by atoms with E-state index in [9.17, 15) is 14.4 Å². The quantitative estimate of drug-likeness (QED) is 0.694. The summed E-state index contributed by atoms with van der Waals surface area (Å²) in [6.07, 6.45) is 0.245. The molecule has 2 aliphatic rings. The van der Waals surface area contributed by atoms with E-state index in [1.165, 1.54) is 0 Å². The highest BCUT2D eigenvalue weighted by Crippen LogP contribution is 2.16. The molecule has 7 heteroatoms. The molecule has 0 aromatic rings. The summed E-state index contributed by atoms with van der Waals surface area (Å²) < 4.78 is 0. The van der Waals surface area contributed by atoms with Crippen LogP contribution in [0.1, 0.15) is 33.6 Å². The van der Waals surface area contributed by atoms with Gasteiger partial charge in [-0.25, -0.2) is 4.79 Å². The number of carbonyl (C=O) groups is 3. The highest BCUT2D eigenvalue weighted by atomic mass is 16.7. The van der Waals surface area contributed by atoms with Crippen molar-refractivity contribution < 1.29 is 19.2 Å². The van der Waals surface area contributed by atoms with Crippen molar-refractivity contribution in [2.24, 2.45) is 5.41 Å². The summed E-state index contributed by atoms with van der Waals surface area (Å²) in [6, 6.07) is 0. The fourth-order valence-electron chi connectivity index (χ4n) is 2.75. The Morgan fingerprint density at radius 1 is 1.00 bits per heavy atom. The van der Waals surface area contributed by atoms with Crippen molar-refractivity contribution in [3.8, 4) is 0 Å². The zero-order valence-electron chi connectivity index (χ0n) is 13.6. The number of hydrogen-bond acceptors (Lipinski definition) is 6. The Balaban J connectivity index is 1.73. The van der Waals surface area contributed by atoms with Crippen LogP contribution in [0.2, 0.25) is 0 Å². The van der Waals surface area contributed by atoms with Crippen molar-refractivity contribution in [3.63, 3.8) is 0 Å². The first kappa shape index (κ1) is 16.9. The van der Waals surface area contributed by atoms with Gasteiger partial charge in [-0.2, -0.15) is 0 Å². The molecule has 0 spiro atoms. The van der Waals surface area contributed by atoms with Crippen LogP contribution in [0.4, 0.5) is 0 Å². The molecule has 124 valence electrons. The first-order valence-electron chi connectivity index (χ1n) is 7.76. The molecule has 2 fully saturated rings. The normalized spacial score (nSPS) is 21.5. The molecule has 7 nitrogen and oxygen atoms in total. The minimum Gasteiger partial charge on any atom is -0.329 e. The average molecular weight is 311 g/mol. The van der Waals surface area contributed by atoms with E-state index in [-0.39, 0.29) is 24.8 Å². The molecule has 22 heavy (non-hydrogen) atoms. The second-order valence-corrected chi connectivity index (χ2v) is 7.16. The number of hydroxylamine groups is 2. The number of nitrogens with zero attached hydrogens (tertiary/aromatic N) is 3. The topological polar surface area (TPSA) is 70.2 Å². The third-order valence-electron chi connectivity index (χ3n) is 3.71. The van der Waals surface area contributed by atoms with Gasteiger partial charge in [-0.3, -0.25) is 14.5 Å². The fraction of sp³-hybridized carbons (Fsp3) is 0.800. The summed E-state index contributed by atoms with van der Waals surface area (Å²) >= 11 is 0. The highest BCUT2D eigenvalue weighted by molar-refractivity contribution is 6.01. The Bertz CT molecular complexity index is 434. The van der Waals surface area contributed by atoms with Crippen LogP contribution in [0, 0.1) is 5.41 Å². The summed E-state index contributed by atoms with van der Waals surface area (Å²) in [5.41, 5.74) is 0.261. The van der Waals surface area contributed by atoms with Gasteiger partial charge in [-0.15, -0.1) is 5.06 Å². The van der Waals surface area contributed by atoms with Crippen molar-refractivity contribution in [1.82, 2.24) is 14.9 Å². The lowest BCUT2D eigenvalue weighted by Gasteiger charge is -2.37. The molecule has 0 bridgehead atoms. The molecule has 0 aromatic carbocycles. The lowest BCUT2D eigenvalue weighted by atomic mass is 9.96. The molecular formula is C15H25N3O4. The molecule has 2 aliphatic heterocycles. The van der Waals surface area contributed by atoms with Gasteiger partial charge >= 0.3 is 5.97 Å². The number of carbonyl (C=O) groups excluding carboxylic acids is 3. The molecule has 2 heterocycles. The van der Waals surface area contributed by atoms with Crippen LogP contribution in [-0.4, -0.2) is 71.9 Å². The fourth-order valence-corrected chi connectivity index (χ4v) is 2.75. The molecule has 2 saturated heterocycles. The number of hydrogen-bond donors (Lipinski definition) is 0. The van der Waals surface area contributed by atoms with Crippen molar-refractivity contribution in [1.29, 1.82) is 0 Å². The van der Waals surface area contributed by atoms with Crippen molar-refractivity contribution >= 4 is 17.8 Å². The van der Waals surface area contributed by atoms with Crippen LogP contribution in [0.5, 0.6) is 0 Å². The zero-order chi connectivity index (χ0) is 16.3. The third kappa shape index (κ3) is 4.78. The summed E-state index contributed by atoms with van der Waals surface area (Å²) in [4.78, 5) is 43.9. The molecule has 2 rings (SSSR count). The van der Waals surface area contributed by atoms with Crippen LogP contribution in [0.3, 0.4) is 0 Å². The maximum absolute atomic E-state index is 11.8. The standard InChI is InChI=1S/C15H25N3O4/c1-15(2,3)11-17-8-6-16(7-9-17)10-14(21)22-18-12(19)4-5-13(18)20/h4-11H2,1-3H3. The average Bonchev–Trinajstić information content (AvgIpc) is 2.71. The van der Waals surface area contributed by atoms with E-state index >= 15 is 0 Å². The van der Waals surface area contributed by atoms with Gasteiger partial charge in [-0.05, 0) is 5.41 Å². The zero-order valence-corrected chi connectivity index (χ0v) is 13.6. The molecule has 0 saturated carbocycles. The molecule has 0 radical (unpaired) electrons. The van der Waals surface area contributed by atoms with E-state index in [0.29, 0.717) is 5.06 Å². The highest BCUT2D eigenvalue weighted by Gasteiger charge is 2.33. The Kier molecular flexibility index (Phi) is 5.18. The van der Waals surface area contributed by atoms with E-state index < -0.39 is 17.8 Å². The van der Waals surface area contributed by atoms with Gasteiger partial charge in [0.2, 0.25) is 0 Å². The van der Waals surface area contributed by atoms with E-state index in [2.05, 4.69) is 25.7 Å². The summed E-state index contributed by atoms with van der Waals surface area (Å²) in [5.74, 6) is -1.42. The van der Waals surface area contributed by atoms with Crippen molar-refractivity contribution in [3.05, 3.63) is 0 Å². The van der Waals surface area contributed by atoms with E-state index in [0.717, 1.165) is 32.7 Å². The van der Waals surface area contributed by atoms with E-state index in [1.54, 1.807) is 0 Å². The van der Waals surface area contributed by atoms with Gasteiger partial charge in [0.05, 0.1) is 6.54 Å². The van der Waals surface area contributed by atoms with Gasteiger partial charge in [0.15, 0.2) is 0 Å². The Hall–Kier alpha value is -1.47. The van der Waals surface area contributed by atoms with Crippen molar-refractivity contribution in [2.45, 2.75) is 33.6 Å². The van der Waals surface area contributed by atoms with Gasteiger partial charge in [0.1, 0.15) is 0 Å². The van der Waals surface area contributed by atoms with Gasteiger partial charge in [0, 0.05) is 45.6 Å². The molecule has 0 N–H and O–H groups in total. The van der Waals surface area contributed by atoms with Crippen LogP contribution in [-0.2, 0) is 19.2 Å². The summed E-state index contributed by atoms with van der Waals surface area (Å²) in [5, 5.41) is 0.609. The van der Waals surface area contributed by atoms with Crippen LogP contribution >= 0.6 is 0 Å². The van der Waals surface area contributed by atoms with Gasteiger partial charge in [-0.1, -0.05) is 20.8 Å². The molecule has 2 amide bonds. The summed E-state index contributed by atoms with van der Waals surface area (Å²) in [7, 11) is 0. The monoisotopic (exact) mass is 311 g/mol. The summed E-state index contributed by atoms with van der Waals surface area (Å²) in [6.45, 7) is 11.2. The van der Waals surface area contributed by atoms with Gasteiger partial charge < -0.3 is 9.74 Å². The molecule has 0 aliphatic carbocycles. The second kappa shape index (κ2) is 6.75. The number of amides is 2. The third-order valence-corrected chi connectivity index (χ3v) is 3.71. The maximum atomic E-state index is 11.8. The van der Waals surface area contributed by atoms with Crippen LogP contribution in [0.15, 0.2) is 0 Å². The maximum Gasteiger partial charge on any atom is 0.347 e. The Morgan fingerprint density at radius 2 is 1.50 bits per heavy atom. The number of imide groups is 1. The smallest absolute Gasteiger partial charge is 0.329 e. The predicted octanol–water partition coefficient (Wildman–Crippen LogP) is 0.257.